The van der Waals surface area contributed by atoms with Crippen molar-refractivity contribution in [1.29, 1.82) is 0 Å². The van der Waals surface area contributed by atoms with Gasteiger partial charge in [-0.25, -0.2) is 9.59 Å². The van der Waals surface area contributed by atoms with E-state index in [4.69, 9.17) is 9.47 Å². The van der Waals surface area contributed by atoms with Crippen molar-refractivity contribution in [1.82, 2.24) is 15.5 Å². The topological polar surface area (TPSA) is 79.9 Å². The normalized spacial score (nSPS) is 19.1. The molecular weight excluding hydrogens is 406 g/mol. The third-order valence-corrected chi connectivity index (χ3v) is 5.35. The van der Waals surface area contributed by atoms with E-state index in [0.717, 1.165) is 24.9 Å². The van der Waals surface area contributed by atoms with Crippen LogP contribution in [0.25, 0.3) is 0 Å². The van der Waals surface area contributed by atoms with Crippen molar-refractivity contribution in [3.8, 4) is 0 Å². The molecule has 32 heavy (non-hydrogen) atoms. The first-order valence-electron chi connectivity index (χ1n) is 11.6. The van der Waals surface area contributed by atoms with Gasteiger partial charge in [0.1, 0.15) is 11.2 Å². The molecule has 0 bridgehead atoms. The van der Waals surface area contributed by atoms with E-state index in [1.165, 1.54) is 0 Å². The van der Waals surface area contributed by atoms with Crippen LogP contribution in [0.5, 0.6) is 0 Å². The lowest BCUT2D eigenvalue weighted by Gasteiger charge is -2.37. The lowest BCUT2D eigenvalue weighted by Crippen LogP contribution is -2.49. The van der Waals surface area contributed by atoms with Gasteiger partial charge in [-0.2, -0.15) is 0 Å². The molecule has 0 radical (unpaired) electrons. The van der Waals surface area contributed by atoms with Crippen molar-refractivity contribution < 1.29 is 19.1 Å². The molecule has 2 amide bonds. The van der Waals surface area contributed by atoms with Gasteiger partial charge in [0.15, 0.2) is 0 Å². The van der Waals surface area contributed by atoms with Crippen LogP contribution in [0.4, 0.5) is 9.59 Å². The summed E-state index contributed by atoms with van der Waals surface area (Å²) in [7, 11) is 0. The molecule has 7 heteroatoms. The standard InChI is InChI=1S/C25H41N3O4/c1-18(20-14-11-15-28(17-20)23(30)32-25(5,6)7)26-16-21(19-12-9-8-10-13-19)27-22(29)31-24(2,3)4/h8-10,12-13,18,20-21,26H,11,14-17H2,1-7H3,(H,27,29). The molecule has 1 aliphatic rings. The fourth-order valence-corrected chi connectivity index (χ4v) is 3.77. The quantitative estimate of drug-likeness (QED) is 0.650. The number of nitrogens with zero attached hydrogens (tertiary/aromatic N) is 1. The lowest BCUT2D eigenvalue weighted by molar-refractivity contribution is 0.0147. The minimum atomic E-state index is -0.556. The predicted molar refractivity (Wildman–Crippen MR) is 127 cm³/mol. The second kappa shape index (κ2) is 11.0. The first-order chi connectivity index (χ1) is 14.8. The Bertz CT molecular complexity index is 740. The molecule has 3 unspecified atom stereocenters. The number of carbonyl (C=O) groups is 2. The van der Waals surface area contributed by atoms with Crippen molar-refractivity contribution in [2.75, 3.05) is 19.6 Å². The minimum absolute atomic E-state index is 0.173. The van der Waals surface area contributed by atoms with Crippen LogP contribution in [-0.2, 0) is 9.47 Å². The van der Waals surface area contributed by atoms with Gasteiger partial charge in [-0.15, -0.1) is 0 Å². The number of nitrogens with one attached hydrogen (secondary N) is 2. The van der Waals surface area contributed by atoms with Crippen molar-refractivity contribution in [2.24, 2.45) is 5.92 Å². The highest BCUT2D eigenvalue weighted by atomic mass is 16.6. The SMILES string of the molecule is CC(NCC(NC(=O)OC(C)(C)C)c1ccccc1)C1CCCN(C(=O)OC(C)(C)C)C1. The molecule has 3 atom stereocenters. The van der Waals surface area contributed by atoms with Crippen molar-refractivity contribution >= 4 is 12.2 Å². The molecule has 7 nitrogen and oxygen atoms in total. The molecular formula is C25H41N3O4. The summed E-state index contributed by atoms with van der Waals surface area (Å²) in [4.78, 5) is 26.7. The third-order valence-electron chi connectivity index (χ3n) is 5.35. The number of ether oxygens (including phenoxy) is 2. The molecule has 1 fully saturated rings. The van der Waals surface area contributed by atoms with Crippen molar-refractivity contribution in [2.45, 2.75) is 84.6 Å². The van der Waals surface area contributed by atoms with E-state index in [-0.39, 0.29) is 18.2 Å². The largest absolute Gasteiger partial charge is 0.444 e. The summed E-state index contributed by atoms with van der Waals surface area (Å²) in [5, 5.41) is 6.57. The van der Waals surface area contributed by atoms with E-state index in [1.54, 1.807) is 0 Å². The van der Waals surface area contributed by atoms with Gasteiger partial charge in [0, 0.05) is 25.7 Å². The Kier molecular flexibility index (Phi) is 8.96. The summed E-state index contributed by atoms with van der Waals surface area (Å²) in [6.45, 7) is 15.3. The number of piperidine rings is 1. The van der Waals surface area contributed by atoms with Gasteiger partial charge in [-0.3, -0.25) is 0 Å². The van der Waals surface area contributed by atoms with Crippen LogP contribution >= 0.6 is 0 Å². The maximum absolute atomic E-state index is 12.5. The van der Waals surface area contributed by atoms with Crippen LogP contribution in [-0.4, -0.2) is 54.0 Å². The summed E-state index contributed by atoms with van der Waals surface area (Å²) >= 11 is 0. The molecule has 0 aliphatic carbocycles. The van der Waals surface area contributed by atoms with Gasteiger partial charge >= 0.3 is 12.2 Å². The Labute approximate surface area is 193 Å². The number of benzene rings is 1. The van der Waals surface area contributed by atoms with E-state index in [9.17, 15) is 9.59 Å². The van der Waals surface area contributed by atoms with E-state index in [0.29, 0.717) is 19.0 Å². The van der Waals surface area contributed by atoms with E-state index in [1.807, 2.05) is 76.8 Å². The first kappa shape index (κ1) is 26.0. The highest BCUT2D eigenvalue weighted by molar-refractivity contribution is 5.68. The number of likely N-dealkylation sites (tertiary alicyclic amines) is 1. The number of rotatable bonds is 6. The minimum Gasteiger partial charge on any atom is -0.444 e. The summed E-state index contributed by atoms with van der Waals surface area (Å²) in [6.07, 6.45) is 1.31. The number of amides is 2. The summed E-state index contributed by atoms with van der Waals surface area (Å²) in [6, 6.07) is 9.83. The predicted octanol–water partition coefficient (Wildman–Crippen LogP) is 4.88. The molecule has 1 aromatic rings. The number of hydrogen-bond acceptors (Lipinski definition) is 5. The second-order valence-corrected chi connectivity index (χ2v) is 10.6. The van der Waals surface area contributed by atoms with Crippen LogP contribution in [0.1, 0.15) is 72.9 Å². The fourth-order valence-electron chi connectivity index (χ4n) is 3.77. The molecule has 1 aliphatic heterocycles. The smallest absolute Gasteiger partial charge is 0.410 e. The van der Waals surface area contributed by atoms with Crippen LogP contribution < -0.4 is 10.6 Å². The highest BCUT2D eigenvalue weighted by Crippen LogP contribution is 2.23. The Morgan fingerprint density at radius 3 is 2.28 bits per heavy atom. The van der Waals surface area contributed by atoms with E-state index in [2.05, 4.69) is 17.6 Å². The maximum Gasteiger partial charge on any atom is 0.410 e. The molecule has 1 saturated heterocycles. The van der Waals surface area contributed by atoms with Crippen LogP contribution in [0.3, 0.4) is 0 Å². The van der Waals surface area contributed by atoms with Gasteiger partial charge in [-0.05, 0) is 72.8 Å². The third kappa shape index (κ3) is 9.07. The van der Waals surface area contributed by atoms with Gasteiger partial charge in [0.2, 0.25) is 0 Å². The van der Waals surface area contributed by atoms with Crippen molar-refractivity contribution in [3.05, 3.63) is 35.9 Å². The van der Waals surface area contributed by atoms with Crippen molar-refractivity contribution in [3.63, 3.8) is 0 Å². The Morgan fingerprint density at radius 1 is 1.06 bits per heavy atom. The summed E-state index contributed by atoms with van der Waals surface area (Å²) in [5.74, 6) is 0.314. The summed E-state index contributed by atoms with van der Waals surface area (Å²) in [5.41, 5.74) is -0.0410. The zero-order valence-corrected chi connectivity index (χ0v) is 20.7. The van der Waals surface area contributed by atoms with E-state index < -0.39 is 17.3 Å². The fraction of sp³-hybridized carbons (Fsp3) is 0.680. The number of carbonyl (C=O) groups excluding carboxylic acids is 2. The molecule has 0 aromatic heterocycles. The Balaban J connectivity index is 1.97. The van der Waals surface area contributed by atoms with Gasteiger partial charge in [0.05, 0.1) is 6.04 Å². The molecule has 2 N–H and O–H groups in total. The van der Waals surface area contributed by atoms with Crippen LogP contribution in [0.2, 0.25) is 0 Å². The highest BCUT2D eigenvalue weighted by Gasteiger charge is 2.30. The first-order valence-corrected chi connectivity index (χ1v) is 11.6. The summed E-state index contributed by atoms with van der Waals surface area (Å²) < 4.78 is 11.0. The molecule has 1 heterocycles. The van der Waals surface area contributed by atoms with Crippen LogP contribution in [0, 0.1) is 5.92 Å². The molecule has 0 spiro atoms. The monoisotopic (exact) mass is 447 g/mol. The number of alkyl carbamates (subject to hydrolysis) is 1. The zero-order valence-electron chi connectivity index (χ0n) is 20.7. The molecule has 2 rings (SSSR count). The lowest BCUT2D eigenvalue weighted by atomic mass is 9.91. The van der Waals surface area contributed by atoms with Gasteiger partial charge in [0.25, 0.3) is 0 Å². The average Bonchev–Trinajstić information content (AvgIpc) is 2.69. The van der Waals surface area contributed by atoms with Crippen LogP contribution in [0.15, 0.2) is 30.3 Å². The van der Waals surface area contributed by atoms with Gasteiger partial charge < -0.3 is 25.0 Å². The number of hydrogen-bond donors (Lipinski definition) is 2. The van der Waals surface area contributed by atoms with Gasteiger partial charge in [-0.1, -0.05) is 30.3 Å². The molecule has 180 valence electrons. The Hall–Kier alpha value is -2.28. The average molecular weight is 448 g/mol. The second-order valence-electron chi connectivity index (χ2n) is 10.6. The molecule has 0 saturated carbocycles. The van der Waals surface area contributed by atoms with E-state index >= 15 is 0 Å². The Morgan fingerprint density at radius 2 is 1.69 bits per heavy atom. The molecule has 1 aromatic carbocycles. The zero-order chi connectivity index (χ0) is 23.9. The maximum atomic E-state index is 12.5.